The number of hydrogen-bond donors (Lipinski definition) is 1. The van der Waals surface area contributed by atoms with E-state index in [1.54, 1.807) is 43.3 Å². The maximum absolute atomic E-state index is 14.0. The van der Waals surface area contributed by atoms with Crippen molar-refractivity contribution in [1.29, 1.82) is 0 Å². The third-order valence-electron chi connectivity index (χ3n) is 5.71. The third-order valence-corrected chi connectivity index (χ3v) is 6.77. The van der Waals surface area contributed by atoms with Crippen LogP contribution in [0.3, 0.4) is 0 Å². The van der Waals surface area contributed by atoms with E-state index in [0.29, 0.717) is 33.5 Å². The number of carbonyl (C=O) groups is 1. The van der Waals surface area contributed by atoms with Crippen molar-refractivity contribution in [3.63, 3.8) is 0 Å². The number of Topliss-reactive ketones (excluding diaryl/α,β-unsaturated/α-hetero) is 1. The molecule has 0 spiro atoms. The van der Waals surface area contributed by atoms with Gasteiger partial charge in [0.25, 0.3) is 0 Å². The van der Waals surface area contributed by atoms with Gasteiger partial charge < -0.3 is 15.1 Å². The highest BCUT2D eigenvalue weighted by Gasteiger charge is 2.25. The monoisotopic (exact) mass is 515 g/mol. The molecular weight excluding hydrogens is 491 g/mol. The minimum Gasteiger partial charge on any atom is -0.435 e. The van der Waals surface area contributed by atoms with Gasteiger partial charge in [0, 0.05) is 29.1 Å². The first-order valence-electron chi connectivity index (χ1n) is 11.0. The Hall–Kier alpha value is -3.73. The number of rotatable bonds is 9. The van der Waals surface area contributed by atoms with Crippen molar-refractivity contribution in [2.45, 2.75) is 44.2 Å². The summed E-state index contributed by atoms with van der Waals surface area (Å²) in [4.78, 5) is 13.3. The lowest BCUT2D eigenvalue weighted by Crippen LogP contribution is -2.19. The fourth-order valence-corrected chi connectivity index (χ4v) is 4.79. The second-order valence-corrected chi connectivity index (χ2v) is 9.46. The van der Waals surface area contributed by atoms with Gasteiger partial charge in [0.15, 0.2) is 11.6 Å². The van der Waals surface area contributed by atoms with Gasteiger partial charge >= 0.3 is 6.61 Å². The molecule has 36 heavy (non-hydrogen) atoms. The summed E-state index contributed by atoms with van der Waals surface area (Å²) < 4.78 is 46.4. The zero-order valence-corrected chi connectivity index (χ0v) is 20.6. The summed E-state index contributed by atoms with van der Waals surface area (Å²) in [5, 5.41) is 7.96. The van der Waals surface area contributed by atoms with Crippen molar-refractivity contribution in [3.05, 3.63) is 88.8 Å². The first-order chi connectivity index (χ1) is 17.2. The zero-order chi connectivity index (χ0) is 26.0. The van der Waals surface area contributed by atoms with Crippen LogP contribution < -0.4 is 10.6 Å². The molecule has 4 aromatic rings. The predicted octanol–water partition coefficient (Wildman–Crippen LogP) is 5.09. The Balaban J connectivity index is 1.51. The van der Waals surface area contributed by atoms with E-state index in [9.17, 15) is 18.0 Å². The number of benzene rings is 2. The van der Waals surface area contributed by atoms with Gasteiger partial charge in [0.05, 0.1) is 5.25 Å². The van der Waals surface area contributed by atoms with Gasteiger partial charge in [-0.25, -0.2) is 9.07 Å². The number of aromatic nitrogens is 4. The van der Waals surface area contributed by atoms with E-state index in [0.717, 1.165) is 17.5 Å². The highest BCUT2D eigenvalue weighted by molar-refractivity contribution is 8.00. The summed E-state index contributed by atoms with van der Waals surface area (Å²) in [6, 6.07) is 14.3. The average molecular weight is 516 g/mol. The summed E-state index contributed by atoms with van der Waals surface area (Å²) in [5.41, 5.74) is 3.20. The van der Waals surface area contributed by atoms with Gasteiger partial charge in [-0.2, -0.15) is 8.78 Å². The second-order valence-electron chi connectivity index (χ2n) is 8.15. The first kappa shape index (κ1) is 25.4. The van der Waals surface area contributed by atoms with Crippen LogP contribution in [0.2, 0.25) is 0 Å². The van der Waals surface area contributed by atoms with Crippen LogP contribution in [0.4, 0.5) is 13.2 Å². The molecule has 0 fully saturated rings. The van der Waals surface area contributed by atoms with Gasteiger partial charge in [-0.05, 0) is 62.7 Å². The molecule has 0 aliphatic heterocycles. The highest BCUT2D eigenvalue weighted by Crippen LogP contribution is 2.29. The SMILES string of the molecule is Cc1cc(C(=O)C(C)Sc2nnc(Cc3ccccc3F)n2N)c(C)n1-c1ccc(OC(F)F)cc1. The topological polar surface area (TPSA) is 88.0 Å². The summed E-state index contributed by atoms with van der Waals surface area (Å²) in [5.74, 6) is 6.08. The van der Waals surface area contributed by atoms with E-state index in [1.807, 2.05) is 18.4 Å². The summed E-state index contributed by atoms with van der Waals surface area (Å²) in [6.07, 6.45) is 0.168. The molecule has 2 N–H and O–H groups in total. The minimum absolute atomic E-state index is 0.0535. The molecule has 7 nitrogen and oxygen atoms in total. The van der Waals surface area contributed by atoms with Crippen LogP contribution in [0, 0.1) is 19.7 Å². The lowest BCUT2D eigenvalue weighted by molar-refractivity contribution is -0.0498. The Bertz CT molecular complexity index is 1390. The highest BCUT2D eigenvalue weighted by atomic mass is 32.2. The molecule has 2 heterocycles. The summed E-state index contributed by atoms with van der Waals surface area (Å²) in [7, 11) is 0. The second kappa shape index (κ2) is 10.5. The molecule has 2 aromatic heterocycles. The summed E-state index contributed by atoms with van der Waals surface area (Å²) >= 11 is 1.16. The Morgan fingerprint density at radius 1 is 1.11 bits per heavy atom. The molecule has 11 heteroatoms. The Morgan fingerprint density at radius 2 is 1.81 bits per heavy atom. The van der Waals surface area contributed by atoms with Crippen LogP contribution in [-0.4, -0.2) is 37.1 Å². The van der Waals surface area contributed by atoms with Gasteiger partial charge in [-0.1, -0.05) is 30.0 Å². The molecule has 0 bridgehead atoms. The number of alkyl halides is 2. The zero-order valence-electron chi connectivity index (χ0n) is 19.8. The minimum atomic E-state index is -2.90. The maximum Gasteiger partial charge on any atom is 0.387 e. The maximum atomic E-state index is 14.0. The molecule has 0 radical (unpaired) electrons. The molecule has 1 atom stereocenters. The molecule has 1 unspecified atom stereocenters. The molecule has 4 rings (SSSR count). The van der Waals surface area contributed by atoms with Crippen LogP contribution in [0.5, 0.6) is 5.75 Å². The smallest absolute Gasteiger partial charge is 0.387 e. The van der Waals surface area contributed by atoms with Crippen molar-refractivity contribution in [2.75, 3.05) is 5.84 Å². The molecule has 2 aromatic carbocycles. The fraction of sp³-hybridized carbons (Fsp3) is 0.240. The Morgan fingerprint density at radius 3 is 2.47 bits per heavy atom. The number of ether oxygens (including phenoxy) is 1. The van der Waals surface area contributed by atoms with Gasteiger partial charge in [0.1, 0.15) is 11.6 Å². The van der Waals surface area contributed by atoms with Crippen molar-refractivity contribution < 1.29 is 22.7 Å². The molecule has 0 saturated carbocycles. The standard InChI is InChI=1S/C25H24F3N5O2S/c1-14-12-20(15(2)32(14)18-8-10-19(11-9-18)35-24(27)28)23(34)16(3)36-25-31-30-22(33(25)29)13-17-6-4-5-7-21(17)26/h4-12,16,24H,13,29H2,1-3H3. The molecule has 0 aliphatic rings. The first-order valence-corrected chi connectivity index (χ1v) is 11.9. The average Bonchev–Trinajstić information content (AvgIpc) is 3.33. The number of nitrogens with zero attached hydrogens (tertiary/aromatic N) is 4. The largest absolute Gasteiger partial charge is 0.435 e. The predicted molar refractivity (Wildman–Crippen MR) is 131 cm³/mol. The summed E-state index contributed by atoms with van der Waals surface area (Å²) in [6.45, 7) is 2.53. The van der Waals surface area contributed by atoms with Crippen LogP contribution >= 0.6 is 11.8 Å². The quantitative estimate of drug-likeness (QED) is 0.190. The number of carbonyl (C=O) groups excluding carboxylic acids is 1. The fourth-order valence-electron chi connectivity index (χ4n) is 3.94. The van der Waals surface area contributed by atoms with E-state index < -0.39 is 11.9 Å². The number of ketones is 1. The van der Waals surface area contributed by atoms with Crippen molar-refractivity contribution in [3.8, 4) is 11.4 Å². The van der Waals surface area contributed by atoms with Crippen molar-refractivity contribution in [2.24, 2.45) is 0 Å². The van der Waals surface area contributed by atoms with Crippen molar-refractivity contribution >= 4 is 17.5 Å². The molecule has 0 amide bonds. The van der Waals surface area contributed by atoms with Crippen LogP contribution in [0.1, 0.15) is 40.1 Å². The third kappa shape index (κ3) is 5.25. The van der Waals surface area contributed by atoms with Crippen LogP contribution in [0.15, 0.2) is 59.8 Å². The van der Waals surface area contributed by atoms with Gasteiger partial charge in [0.2, 0.25) is 5.16 Å². The van der Waals surface area contributed by atoms with E-state index >= 15 is 0 Å². The van der Waals surface area contributed by atoms with E-state index in [4.69, 9.17) is 5.84 Å². The number of nitrogen functional groups attached to an aromatic ring is 1. The molecule has 188 valence electrons. The molecule has 0 aliphatic carbocycles. The lowest BCUT2D eigenvalue weighted by Gasteiger charge is -2.13. The normalized spacial score (nSPS) is 12.2. The van der Waals surface area contributed by atoms with E-state index in [1.165, 1.54) is 22.9 Å². The molecular formula is C25H24F3N5O2S. The molecule has 0 saturated heterocycles. The Kier molecular flexibility index (Phi) is 7.39. The van der Waals surface area contributed by atoms with E-state index in [-0.39, 0.29) is 23.8 Å². The number of hydrogen-bond acceptors (Lipinski definition) is 6. The van der Waals surface area contributed by atoms with E-state index in [2.05, 4.69) is 14.9 Å². The van der Waals surface area contributed by atoms with Crippen molar-refractivity contribution in [1.82, 2.24) is 19.4 Å². The Labute approximate surface area is 210 Å². The van der Waals surface area contributed by atoms with Gasteiger partial charge in [-0.3, -0.25) is 4.79 Å². The van der Waals surface area contributed by atoms with Crippen LogP contribution in [0.25, 0.3) is 5.69 Å². The number of thioether (sulfide) groups is 1. The number of halogens is 3. The van der Waals surface area contributed by atoms with Crippen LogP contribution in [-0.2, 0) is 6.42 Å². The lowest BCUT2D eigenvalue weighted by atomic mass is 10.1. The number of aryl methyl sites for hydroxylation is 1. The van der Waals surface area contributed by atoms with Gasteiger partial charge in [-0.15, -0.1) is 10.2 Å². The number of nitrogens with two attached hydrogens (primary N) is 1.